The molecule has 3 heterocycles. The molecule has 0 amide bonds. The fourth-order valence-corrected chi connectivity index (χ4v) is 4.95. The maximum Gasteiger partial charge on any atom is 0.147 e. The van der Waals surface area contributed by atoms with Gasteiger partial charge < -0.3 is 14.9 Å². The molecule has 0 spiro atoms. The first kappa shape index (κ1) is 25.9. The van der Waals surface area contributed by atoms with Crippen LogP contribution in [0.2, 0.25) is 0 Å². The van der Waals surface area contributed by atoms with E-state index in [1.54, 1.807) is 11.3 Å². The third-order valence-electron chi connectivity index (χ3n) is 5.82. The highest BCUT2D eigenvalue weighted by Crippen LogP contribution is 2.34. The van der Waals surface area contributed by atoms with E-state index in [2.05, 4.69) is 60.2 Å². The number of anilines is 1. The van der Waals surface area contributed by atoms with E-state index >= 15 is 0 Å². The molecule has 4 nitrogen and oxygen atoms in total. The Morgan fingerprint density at radius 1 is 1.03 bits per heavy atom. The van der Waals surface area contributed by atoms with Crippen LogP contribution in [0.25, 0.3) is 21.3 Å². The summed E-state index contributed by atoms with van der Waals surface area (Å²) in [6.07, 6.45) is 0.383. The van der Waals surface area contributed by atoms with E-state index in [1.807, 2.05) is 12.1 Å². The van der Waals surface area contributed by atoms with Crippen LogP contribution in [0.1, 0.15) is 38.9 Å². The Morgan fingerprint density at radius 3 is 2.32 bits per heavy atom. The zero-order chi connectivity index (χ0) is 20.4. The van der Waals surface area contributed by atoms with Crippen LogP contribution in [-0.4, -0.2) is 47.7 Å². The fraction of sp³-hybridized carbons (Fsp3) is 0.458. The Kier molecular flexibility index (Phi) is 9.59. The number of piperazine rings is 1. The minimum Gasteiger partial charge on any atom is -0.388 e. The number of thiophene rings is 1. The predicted octanol–water partition coefficient (Wildman–Crippen LogP) is 6.03. The van der Waals surface area contributed by atoms with Crippen LogP contribution in [0.15, 0.2) is 41.8 Å². The molecular weight excluding hydrogens is 449 g/mol. The van der Waals surface area contributed by atoms with Gasteiger partial charge in [0.25, 0.3) is 0 Å². The highest BCUT2D eigenvalue weighted by Gasteiger charge is 2.20. The van der Waals surface area contributed by atoms with Crippen molar-refractivity contribution >= 4 is 52.1 Å². The summed E-state index contributed by atoms with van der Waals surface area (Å²) < 4.78 is 1.28. The highest BCUT2D eigenvalue weighted by atomic mass is 35.5. The molecule has 0 aliphatic carbocycles. The first-order valence-corrected chi connectivity index (χ1v) is 11.6. The number of pyridine rings is 1. The second kappa shape index (κ2) is 11.5. The van der Waals surface area contributed by atoms with Gasteiger partial charge in [-0.25, -0.2) is 4.98 Å². The molecule has 1 saturated heterocycles. The lowest BCUT2D eigenvalue weighted by Gasteiger charge is -2.35. The maximum atomic E-state index is 10.4. The molecule has 170 valence electrons. The summed E-state index contributed by atoms with van der Waals surface area (Å²) in [5.41, 5.74) is 3.09. The summed E-state index contributed by atoms with van der Waals surface area (Å²) in [6.45, 7) is 11.9. The number of rotatable bonds is 6. The van der Waals surface area contributed by atoms with Crippen LogP contribution in [0.4, 0.5) is 5.82 Å². The summed E-state index contributed by atoms with van der Waals surface area (Å²) in [7, 11) is 0. The molecule has 1 aliphatic heterocycles. The van der Waals surface area contributed by atoms with Gasteiger partial charge in [-0.15, -0.1) is 36.2 Å². The Morgan fingerprint density at radius 2 is 1.71 bits per heavy atom. The van der Waals surface area contributed by atoms with E-state index in [1.165, 1.54) is 10.1 Å². The summed E-state index contributed by atoms with van der Waals surface area (Å²) in [4.78, 5) is 10.0. The van der Waals surface area contributed by atoms with Crippen LogP contribution < -0.4 is 4.90 Å². The van der Waals surface area contributed by atoms with Crippen LogP contribution in [-0.2, 0) is 0 Å². The monoisotopic (exact) mass is 481 g/mol. The van der Waals surface area contributed by atoms with Crippen LogP contribution in [0, 0.1) is 5.92 Å². The summed E-state index contributed by atoms with van der Waals surface area (Å²) in [5, 5.41) is 13.8. The van der Waals surface area contributed by atoms with Crippen molar-refractivity contribution in [2.45, 2.75) is 33.3 Å². The first-order valence-electron chi connectivity index (χ1n) is 10.7. The molecule has 4 rings (SSSR count). The largest absolute Gasteiger partial charge is 0.388 e. The molecule has 31 heavy (non-hydrogen) atoms. The van der Waals surface area contributed by atoms with Gasteiger partial charge >= 0.3 is 0 Å². The van der Waals surface area contributed by atoms with Crippen molar-refractivity contribution in [2.75, 3.05) is 37.6 Å². The molecule has 7 heteroatoms. The molecule has 1 N–H and O–H groups in total. The number of nitrogens with zero attached hydrogens (tertiary/aromatic N) is 3. The van der Waals surface area contributed by atoms with Gasteiger partial charge in [-0.2, -0.15) is 0 Å². The average molecular weight is 483 g/mol. The van der Waals surface area contributed by atoms with E-state index < -0.39 is 6.10 Å². The lowest BCUT2D eigenvalue weighted by Crippen LogP contribution is -2.46. The molecule has 1 unspecified atom stereocenters. The second-order valence-corrected chi connectivity index (χ2v) is 9.27. The molecule has 2 aromatic heterocycles. The van der Waals surface area contributed by atoms with Crippen molar-refractivity contribution in [1.29, 1.82) is 0 Å². The lowest BCUT2D eigenvalue weighted by molar-refractivity contribution is 0.151. The molecule has 1 fully saturated rings. The van der Waals surface area contributed by atoms with Crippen molar-refractivity contribution in [3.05, 3.63) is 47.3 Å². The minimum atomic E-state index is -0.401. The van der Waals surface area contributed by atoms with E-state index in [0.29, 0.717) is 5.92 Å². The van der Waals surface area contributed by atoms with Crippen LogP contribution in [0.3, 0.4) is 0 Å². The fourth-order valence-electron chi connectivity index (χ4n) is 4.06. The van der Waals surface area contributed by atoms with Crippen molar-refractivity contribution in [2.24, 2.45) is 5.92 Å². The molecule has 0 saturated carbocycles. The Labute approximate surface area is 202 Å². The zero-order valence-electron chi connectivity index (χ0n) is 18.5. The van der Waals surface area contributed by atoms with Gasteiger partial charge in [0, 0.05) is 31.7 Å². The summed E-state index contributed by atoms with van der Waals surface area (Å²) in [6, 6.07) is 12.7. The van der Waals surface area contributed by atoms with Crippen molar-refractivity contribution in [3.63, 3.8) is 0 Å². The SMILES string of the molecule is CCN1CCN(c2nc(-c3ccc(C(O)CC(C)C)cc3)cc3ccsc23)CC1.Cl.Cl. The molecule has 1 aliphatic rings. The summed E-state index contributed by atoms with van der Waals surface area (Å²) in [5.74, 6) is 1.59. The molecular formula is C24H33Cl2N3OS. The highest BCUT2D eigenvalue weighted by molar-refractivity contribution is 7.17. The number of benzene rings is 1. The van der Waals surface area contributed by atoms with Crippen LogP contribution >= 0.6 is 36.2 Å². The maximum absolute atomic E-state index is 10.4. The second-order valence-electron chi connectivity index (χ2n) is 8.36. The number of aliphatic hydroxyl groups is 1. The van der Waals surface area contributed by atoms with Gasteiger partial charge in [0.05, 0.1) is 16.5 Å². The predicted molar refractivity (Wildman–Crippen MR) is 138 cm³/mol. The lowest BCUT2D eigenvalue weighted by atomic mass is 9.98. The standard InChI is InChI=1S/C24H31N3OS.2ClH/c1-4-26-10-12-27(13-11-26)24-23-20(9-14-29-23)16-21(25-24)18-5-7-19(8-6-18)22(28)15-17(2)3;;/h5-9,14,16-17,22,28H,4,10-13,15H2,1-3H3;2*1H. The molecule has 0 radical (unpaired) electrons. The van der Waals surface area contributed by atoms with E-state index in [0.717, 1.165) is 61.8 Å². The first-order chi connectivity index (χ1) is 14.0. The summed E-state index contributed by atoms with van der Waals surface area (Å²) >= 11 is 1.78. The van der Waals surface area contributed by atoms with Gasteiger partial charge in [0.15, 0.2) is 0 Å². The van der Waals surface area contributed by atoms with E-state index in [9.17, 15) is 5.11 Å². The molecule has 0 bridgehead atoms. The normalized spacial score (nSPS) is 15.6. The smallest absolute Gasteiger partial charge is 0.147 e. The van der Waals surface area contributed by atoms with Crippen molar-refractivity contribution < 1.29 is 5.11 Å². The van der Waals surface area contributed by atoms with Gasteiger partial charge in [0.1, 0.15) is 5.82 Å². The van der Waals surface area contributed by atoms with Gasteiger partial charge in [-0.3, -0.25) is 0 Å². The number of hydrogen-bond acceptors (Lipinski definition) is 5. The number of aliphatic hydroxyl groups excluding tert-OH is 1. The number of hydrogen-bond donors (Lipinski definition) is 1. The van der Waals surface area contributed by atoms with Crippen molar-refractivity contribution in [1.82, 2.24) is 9.88 Å². The molecule has 3 aromatic rings. The topological polar surface area (TPSA) is 39.6 Å². The van der Waals surface area contributed by atoms with Crippen molar-refractivity contribution in [3.8, 4) is 11.3 Å². The van der Waals surface area contributed by atoms with E-state index in [-0.39, 0.29) is 24.8 Å². The van der Waals surface area contributed by atoms with Gasteiger partial charge in [0.2, 0.25) is 0 Å². The average Bonchev–Trinajstić information content (AvgIpc) is 3.21. The Balaban J connectivity index is 0.00000171. The molecule has 1 aromatic carbocycles. The molecule has 1 atom stereocenters. The number of aromatic nitrogens is 1. The third kappa shape index (κ3) is 5.91. The van der Waals surface area contributed by atoms with E-state index in [4.69, 9.17) is 4.98 Å². The number of likely N-dealkylation sites (N-methyl/N-ethyl adjacent to an activating group) is 1. The minimum absolute atomic E-state index is 0. The number of halogens is 2. The number of fused-ring (bicyclic) bond motifs is 1. The van der Waals surface area contributed by atoms with Gasteiger partial charge in [-0.05, 0) is 47.3 Å². The third-order valence-corrected chi connectivity index (χ3v) is 6.75. The zero-order valence-corrected chi connectivity index (χ0v) is 20.9. The van der Waals surface area contributed by atoms with Gasteiger partial charge in [-0.1, -0.05) is 45.0 Å². The quantitative estimate of drug-likeness (QED) is 0.466. The Hall–Kier alpha value is -1.37. The Bertz CT molecular complexity index is 953. The van der Waals surface area contributed by atoms with Crippen LogP contribution in [0.5, 0.6) is 0 Å².